The highest BCUT2D eigenvalue weighted by atomic mass is 19.1. The molecule has 0 amide bonds. The molecule has 0 saturated heterocycles. The van der Waals surface area contributed by atoms with E-state index >= 15 is 0 Å². The van der Waals surface area contributed by atoms with Crippen molar-refractivity contribution in [2.75, 3.05) is 13.7 Å². The van der Waals surface area contributed by atoms with E-state index in [-0.39, 0.29) is 5.75 Å². The van der Waals surface area contributed by atoms with E-state index in [1.165, 1.54) is 19.2 Å². The average molecular weight is 274 g/mol. The summed E-state index contributed by atoms with van der Waals surface area (Å²) in [6.45, 7) is 0.621. The van der Waals surface area contributed by atoms with Crippen molar-refractivity contribution in [3.63, 3.8) is 0 Å². The Labute approximate surface area is 116 Å². The molecule has 0 bridgehead atoms. The van der Waals surface area contributed by atoms with Crippen molar-refractivity contribution in [2.45, 2.75) is 12.5 Å². The summed E-state index contributed by atoms with van der Waals surface area (Å²) in [5.41, 5.74) is 2.23. The third-order valence-electron chi connectivity index (χ3n) is 3.53. The van der Waals surface area contributed by atoms with Crippen LogP contribution in [0.25, 0.3) is 0 Å². The van der Waals surface area contributed by atoms with E-state index < -0.39 is 11.9 Å². The minimum atomic E-state index is -0.913. The van der Waals surface area contributed by atoms with Crippen LogP contribution in [0.15, 0.2) is 36.4 Å². The largest absolute Gasteiger partial charge is 0.494 e. The number of aliphatic hydroxyl groups excluding tert-OH is 1. The molecule has 0 aliphatic carbocycles. The van der Waals surface area contributed by atoms with E-state index in [0.29, 0.717) is 17.7 Å². The predicted molar refractivity (Wildman–Crippen MR) is 72.7 cm³/mol. The molecule has 1 atom stereocenters. The first kappa shape index (κ1) is 12.9. The summed E-state index contributed by atoms with van der Waals surface area (Å²) < 4.78 is 24.2. The first-order chi connectivity index (χ1) is 9.70. The number of aliphatic hydroxyl groups is 1. The number of hydrogen-bond donors (Lipinski definition) is 1. The van der Waals surface area contributed by atoms with Crippen molar-refractivity contribution in [2.24, 2.45) is 0 Å². The van der Waals surface area contributed by atoms with Crippen LogP contribution in [0.4, 0.5) is 4.39 Å². The van der Waals surface area contributed by atoms with Gasteiger partial charge in [-0.05, 0) is 23.3 Å². The number of benzene rings is 2. The van der Waals surface area contributed by atoms with Crippen LogP contribution < -0.4 is 9.47 Å². The van der Waals surface area contributed by atoms with Gasteiger partial charge in [0.25, 0.3) is 0 Å². The molecule has 3 rings (SSSR count). The molecule has 0 fully saturated rings. The number of methoxy groups -OCH3 is 1. The summed E-state index contributed by atoms with van der Waals surface area (Å²) in [5.74, 6) is 0.393. The lowest BCUT2D eigenvalue weighted by molar-refractivity contribution is 0.213. The van der Waals surface area contributed by atoms with Gasteiger partial charge in [-0.3, -0.25) is 0 Å². The van der Waals surface area contributed by atoms with Crippen molar-refractivity contribution in [3.05, 3.63) is 58.9 Å². The third kappa shape index (κ3) is 2.12. The Kier molecular flexibility index (Phi) is 3.32. The fraction of sp³-hybridized carbons (Fsp3) is 0.250. The van der Waals surface area contributed by atoms with E-state index in [9.17, 15) is 9.50 Å². The Bertz CT molecular complexity index is 640. The summed E-state index contributed by atoms with van der Waals surface area (Å²) in [7, 11) is 1.41. The standard InChI is InChI=1S/C16H15FO3/c1-19-14-6-5-11(9-13(14)17)15(18)12-4-2-3-10-7-8-20-16(10)12/h2-6,9,15,18H,7-8H2,1H3. The lowest BCUT2D eigenvalue weighted by atomic mass is 9.98. The Balaban J connectivity index is 1.99. The zero-order chi connectivity index (χ0) is 14.1. The molecule has 4 heteroatoms. The fourth-order valence-electron chi connectivity index (χ4n) is 2.49. The summed E-state index contributed by atoms with van der Waals surface area (Å²) in [4.78, 5) is 0. The van der Waals surface area contributed by atoms with Gasteiger partial charge >= 0.3 is 0 Å². The molecule has 2 aromatic rings. The number of halogens is 1. The fourth-order valence-corrected chi connectivity index (χ4v) is 2.49. The van der Waals surface area contributed by atoms with E-state index in [2.05, 4.69) is 0 Å². The van der Waals surface area contributed by atoms with Crippen molar-refractivity contribution in [1.29, 1.82) is 0 Å². The van der Waals surface area contributed by atoms with Crippen LogP contribution >= 0.6 is 0 Å². The van der Waals surface area contributed by atoms with Crippen LogP contribution in [-0.4, -0.2) is 18.8 Å². The van der Waals surface area contributed by atoms with Crippen LogP contribution in [0, 0.1) is 5.82 Å². The van der Waals surface area contributed by atoms with Crippen LogP contribution in [0.5, 0.6) is 11.5 Å². The van der Waals surface area contributed by atoms with Gasteiger partial charge in [0.15, 0.2) is 11.6 Å². The molecule has 3 nitrogen and oxygen atoms in total. The predicted octanol–water partition coefficient (Wildman–Crippen LogP) is 2.85. The molecule has 1 aliphatic rings. The molecule has 2 aromatic carbocycles. The van der Waals surface area contributed by atoms with Crippen LogP contribution in [0.3, 0.4) is 0 Å². The lowest BCUT2D eigenvalue weighted by Gasteiger charge is -2.15. The number of para-hydroxylation sites is 1. The maximum Gasteiger partial charge on any atom is 0.165 e. The molecule has 1 N–H and O–H groups in total. The minimum Gasteiger partial charge on any atom is -0.494 e. The quantitative estimate of drug-likeness (QED) is 0.935. The molecular formula is C16H15FO3. The molecule has 0 spiro atoms. The van der Waals surface area contributed by atoms with Crippen molar-refractivity contribution in [1.82, 2.24) is 0 Å². The maximum atomic E-state index is 13.7. The third-order valence-corrected chi connectivity index (χ3v) is 3.53. The van der Waals surface area contributed by atoms with E-state index in [0.717, 1.165) is 17.7 Å². The van der Waals surface area contributed by atoms with Crippen molar-refractivity contribution >= 4 is 0 Å². The van der Waals surface area contributed by atoms with E-state index in [1.54, 1.807) is 12.1 Å². The zero-order valence-corrected chi connectivity index (χ0v) is 11.1. The van der Waals surface area contributed by atoms with Gasteiger partial charge in [0, 0.05) is 12.0 Å². The molecule has 104 valence electrons. The van der Waals surface area contributed by atoms with Gasteiger partial charge < -0.3 is 14.6 Å². The molecule has 1 unspecified atom stereocenters. The minimum absolute atomic E-state index is 0.162. The van der Waals surface area contributed by atoms with Gasteiger partial charge in [0.05, 0.1) is 13.7 Å². The second kappa shape index (κ2) is 5.13. The maximum absolute atomic E-state index is 13.7. The number of hydrogen-bond acceptors (Lipinski definition) is 3. The smallest absolute Gasteiger partial charge is 0.165 e. The Morgan fingerprint density at radius 2 is 2.15 bits per heavy atom. The van der Waals surface area contributed by atoms with Crippen LogP contribution in [0.1, 0.15) is 22.8 Å². The van der Waals surface area contributed by atoms with Crippen LogP contribution in [0.2, 0.25) is 0 Å². The topological polar surface area (TPSA) is 38.7 Å². The van der Waals surface area contributed by atoms with Gasteiger partial charge in [-0.25, -0.2) is 4.39 Å². The number of rotatable bonds is 3. The van der Waals surface area contributed by atoms with Crippen molar-refractivity contribution in [3.8, 4) is 11.5 Å². The van der Waals surface area contributed by atoms with Gasteiger partial charge in [0.2, 0.25) is 0 Å². The second-order valence-corrected chi connectivity index (χ2v) is 4.73. The first-order valence-corrected chi connectivity index (χ1v) is 6.47. The average Bonchev–Trinajstić information content (AvgIpc) is 2.94. The van der Waals surface area contributed by atoms with Gasteiger partial charge in [-0.2, -0.15) is 0 Å². The molecule has 20 heavy (non-hydrogen) atoms. The molecule has 0 saturated carbocycles. The summed E-state index contributed by atoms with van der Waals surface area (Å²) in [5, 5.41) is 10.5. The highest BCUT2D eigenvalue weighted by molar-refractivity contribution is 5.48. The Morgan fingerprint density at radius 3 is 2.90 bits per heavy atom. The highest BCUT2D eigenvalue weighted by Gasteiger charge is 2.22. The molecule has 0 radical (unpaired) electrons. The monoisotopic (exact) mass is 274 g/mol. The first-order valence-electron chi connectivity index (χ1n) is 6.47. The molecule has 0 aromatic heterocycles. The van der Waals surface area contributed by atoms with E-state index in [4.69, 9.17) is 9.47 Å². The van der Waals surface area contributed by atoms with Gasteiger partial charge in [-0.1, -0.05) is 24.3 Å². The molecule has 1 heterocycles. The summed E-state index contributed by atoms with van der Waals surface area (Å²) in [6.07, 6.45) is -0.0733. The normalized spacial score (nSPS) is 14.6. The van der Waals surface area contributed by atoms with Crippen LogP contribution in [-0.2, 0) is 6.42 Å². The Hall–Kier alpha value is -2.07. The molecule has 1 aliphatic heterocycles. The molecular weight excluding hydrogens is 259 g/mol. The zero-order valence-electron chi connectivity index (χ0n) is 11.1. The van der Waals surface area contributed by atoms with Gasteiger partial charge in [-0.15, -0.1) is 0 Å². The number of ether oxygens (including phenoxy) is 2. The highest BCUT2D eigenvalue weighted by Crippen LogP contribution is 2.36. The Morgan fingerprint density at radius 1 is 1.30 bits per heavy atom. The lowest BCUT2D eigenvalue weighted by Crippen LogP contribution is -2.03. The SMILES string of the molecule is COc1ccc(C(O)c2cccc3c2OCC3)cc1F. The number of fused-ring (bicyclic) bond motifs is 1. The summed E-state index contributed by atoms with van der Waals surface area (Å²) in [6, 6.07) is 10.1. The van der Waals surface area contributed by atoms with Gasteiger partial charge in [0.1, 0.15) is 11.9 Å². The second-order valence-electron chi connectivity index (χ2n) is 4.73. The van der Waals surface area contributed by atoms with Crippen molar-refractivity contribution < 1.29 is 19.0 Å². The summed E-state index contributed by atoms with van der Waals surface area (Å²) >= 11 is 0. The van der Waals surface area contributed by atoms with E-state index in [1.807, 2.05) is 12.1 Å².